The maximum absolute atomic E-state index is 13.7. The Labute approximate surface area is 232 Å². The molecule has 0 fully saturated rings. The van der Waals surface area contributed by atoms with Crippen molar-refractivity contribution in [2.24, 2.45) is 0 Å². The minimum Gasteiger partial charge on any atom is -0.497 e. The smallest absolute Gasteiger partial charge is 0.244 e. The first-order chi connectivity index (χ1) is 18.5. The number of rotatable bonds is 13. The van der Waals surface area contributed by atoms with Crippen molar-refractivity contribution >= 4 is 19.9 Å². The normalized spacial score (nSPS) is 13.2. The van der Waals surface area contributed by atoms with Gasteiger partial charge in [-0.25, -0.2) is 16.8 Å². The SMILES string of the molecule is C=CC(COc1ccc(OC)cc1)N(C/C=C(\C)CS(=O)(=O)c1ccc(C)cc1)S(=O)(=O)c1ccc(C)cc1. The highest BCUT2D eigenvalue weighted by Crippen LogP contribution is 2.23. The molecule has 7 nitrogen and oxygen atoms in total. The second kappa shape index (κ2) is 13.1. The van der Waals surface area contributed by atoms with E-state index in [4.69, 9.17) is 9.47 Å². The Bertz CT molecular complexity index is 1490. The first-order valence-corrected chi connectivity index (χ1v) is 15.5. The van der Waals surface area contributed by atoms with Crippen LogP contribution in [0.25, 0.3) is 0 Å². The number of benzene rings is 3. The van der Waals surface area contributed by atoms with E-state index >= 15 is 0 Å². The highest BCUT2D eigenvalue weighted by molar-refractivity contribution is 7.91. The molecule has 0 aromatic heterocycles. The fourth-order valence-electron chi connectivity index (χ4n) is 3.81. The third kappa shape index (κ3) is 8.05. The first kappa shape index (κ1) is 30.1. The zero-order valence-corrected chi connectivity index (χ0v) is 24.3. The Kier molecular flexibility index (Phi) is 10.1. The van der Waals surface area contributed by atoms with Gasteiger partial charge in [-0.2, -0.15) is 4.31 Å². The second-order valence-corrected chi connectivity index (χ2v) is 13.2. The molecule has 0 saturated heterocycles. The van der Waals surface area contributed by atoms with Crippen LogP contribution in [0.2, 0.25) is 0 Å². The maximum Gasteiger partial charge on any atom is 0.244 e. The molecule has 0 radical (unpaired) electrons. The van der Waals surface area contributed by atoms with Crippen LogP contribution in [0.15, 0.2) is 107 Å². The van der Waals surface area contributed by atoms with Gasteiger partial charge >= 0.3 is 0 Å². The molecule has 1 atom stereocenters. The van der Waals surface area contributed by atoms with Crippen LogP contribution in [0.1, 0.15) is 18.1 Å². The van der Waals surface area contributed by atoms with Crippen LogP contribution in [0.4, 0.5) is 0 Å². The second-order valence-electron chi connectivity index (χ2n) is 9.30. The van der Waals surface area contributed by atoms with Gasteiger partial charge in [-0.3, -0.25) is 0 Å². The van der Waals surface area contributed by atoms with Gasteiger partial charge in [0.25, 0.3) is 0 Å². The van der Waals surface area contributed by atoms with Crippen LogP contribution in [0.5, 0.6) is 11.5 Å². The lowest BCUT2D eigenvalue weighted by molar-refractivity contribution is 0.240. The Morgan fingerprint density at radius 3 is 1.87 bits per heavy atom. The van der Waals surface area contributed by atoms with E-state index in [1.54, 1.807) is 92.9 Å². The summed E-state index contributed by atoms with van der Waals surface area (Å²) in [5.74, 6) is 0.994. The van der Waals surface area contributed by atoms with E-state index in [0.29, 0.717) is 17.1 Å². The van der Waals surface area contributed by atoms with Gasteiger partial charge in [-0.15, -0.1) is 6.58 Å². The van der Waals surface area contributed by atoms with Crippen molar-refractivity contribution in [3.05, 3.63) is 108 Å². The summed E-state index contributed by atoms with van der Waals surface area (Å²) in [4.78, 5) is 0.351. The molecule has 0 bridgehead atoms. The molecule has 0 aliphatic rings. The third-order valence-electron chi connectivity index (χ3n) is 6.17. The summed E-state index contributed by atoms with van der Waals surface area (Å²) in [6.07, 6.45) is 3.14. The monoisotopic (exact) mass is 569 g/mol. The van der Waals surface area contributed by atoms with Gasteiger partial charge in [0.1, 0.15) is 18.1 Å². The lowest BCUT2D eigenvalue weighted by Gasteiger charge is -2.28. The first-order valence-electron chi connectivity index (χ1n) is 12.4. The summed E-state index contributed by atoms with van der Waals surface area (Å²) in [6.45, 7) is 9.25. The van der Waals surface area contributed by atoms with E-state index < -0.39 is 25.9 Å². The number of ether oxygens (including phenoxy) is 2. The van der Waals surface area contributed by atoms with Crippen LogP contribution in [0.3, 0.4) is 0 Å². The van der Waals surface area contributed by atoms with Crippen molar-refractivity contribution in [3.63, 3.8) is 0 Å². The molecular formula is C30H35NO6S2. The summed E-state index contributed by atoms with van der Waals surface area (Å²) in [5.41, 5.74) is 2.42. The summed E-state index contributed by atoms with van der Waals surface area (Å²) < 4.78 is 65.7. The van der Waals surface area contributed by atoms with Gasteiger partial charge in [0.15, 0.2) is 9.84 Å². The highest BCUT2D eigenvalue weighted by Gasteiger charge is 2.30. The number of hydrogen-bond acceptors (Lipinski definition) is 6. The molecule has 0 amide bonds. The number of aryl methyl sites for hydroxylation is 2. The van der Waals surface area contributed by atoms with Gasteiger partial charge in [0, 0.05) is 6.54 Å². The van der Waals surface area contributed by atoms with Crippen LogP contribution in [0, 0.1) is 13.8 Å². The molecule has 1 unspecified atom stereocenters. The zero-order valence-electron chi connectivity index (χ0n) is 22.7. The van der Waals surface area contributed by atoms with E-state index in [9.17, 15) is 16.8 Å². The zero-order chi connectivity index (χ0) is 28.6. The van der Waals surface area contributed by atoms with E-state index in [1.165, 1.54) is 10.4 Å². The molecular weight excluding hydrogens is 534 g/mol. The van der Waals surface area contributed by atoms with E-state index in [1.807, 2.05) is 13.8 Å². The Morgan fingerprint density at radius 2 is 1.36 bits per heavy atom. The molecule has 3 aromatic rings. The van der Waals surface area contributed by atoms with E-state index in [-0.39, 0.29) is 28.7 Å². The van der Waals surface area contributed by atoms with Gasteiger partial charge < -0.3 is 9.47 Å². The molecule has 208 valence electrons. The fourth-order valence-corrected chi connectivity index (χ4v) is 6.77. The largest absolute Gasteiger partial charge is 0.497 e. The van der Waals surface area contributed by atoms with Crippen molar-refractivity contribution in [3.8, 4) is 11.5 Å². The average molecular weight is 570 g/mol. The topological polar surface area (TPSA) is 90.0 Å². The summed E-state index contributed by atoms with van der Waals surface area (Å²) >= 11 is 0. The van der Waals surface area contributed by atoms with Crippen molar-refractivity contribution in [1.29, 1.82) is 0 Å². The maximum atomic E-state index is 13.7. The standard InChI is InChI=1S/C30H35NO6S2/c1-6-26(21-37-28-13-11-27(36-5)12-14-28)31(39(34,35)30-17-9-24(3)10-18-30)20-19-25(4)22-38(32,33)29-15-7-23(2)8-16-29/h6-19,26H,1,20-22H2,2-5H3/b25-19+. The van der Waals surface area contributed by atoms with Gasteiger partial charge in [-0.05, 0) is 69.3 Å². The van der Waals surface area contributed by atoms with Crippen molar-refractivity contribution < 1.29 is 26.3 Å². The van der Waals surface area contributed by atoms with Gasteiger partial charge in [0.05, 0.1) is 28.7 Å². The number of hydrogen-bond donors (Lipinski definition) is 0. The number of methoxy groups -OCH3 is 1. The quantitative estimate of drug-likeness (QED) is 0.258. The van der Waals surface area contributed by atoms with Crippen molar-refractivity contribution in [2.45, 2.75) is 36.6 Å². The molecule has 0 heterocycles. The lowest BCUT2D eigenvalue weighted by Crippen LogP contribution is -2.42. The highest BCUT2D eigenvalue weighted by atomic mass is 32.2. The van der Waals surface area contributed by atoms with Crippen molar-refractivity contribution in [1.82, 2.24) is 4.31 Å². The summed E-state index contributed by atoms with van der Waals surface area (Å²) in [6, 6.07) is 19.5. The molecule has 0 aliphatic carbocycles. The Morgan fingerprint density at radius 1 is 0.846 bits per heavy atom. The predicted molar refractivity (Wildman–Crippen MR) is 155 cm³/mol. The number of sulfonamides is 1. The number of nitrogens with zero attached hydrogens (tertiary/aromatic N) is 1. The molecule has 0 saturated carbocycles. The third-order valence-corrected chi connectivity index (χ3v) is 9.90. The molecule has 39 heavy (non-hydrogen) atoms. The lowest BCUT2D eigenvalue weighted by atomic mass is 10.2. The fraction of sp³-hybridized carbons (Fsp3) is 0.267. The van der Waals surface area contributed by atoms with E-state index in [2.05, 4.69) is 6.58 Å². The van der Waals surface area contributed by atoms with Gasteiger partial charge in [-0.1, -0.05) is 53.1 Å². The predicted octanol–water partition coefficient (Wildman–Crippen LogP) is 5.36. The van der Waals surface area contributed by atoms with E-state index in [0.717, 1.165) is 11.1 Å². The average Bonchev–Trinajstić information content (AvgIpc) is 2.91. The van der Waals surface area contributed by atoms with Crippen LogP contribution < -0.4 is 9.47 Å². The summed E-state index contributed by atoms with van der Waals surface area (Å²) in [5, 5.41) is 0. The van der Waals surface area contributed by atoms with Crippen molar-refractivity contribution in [2.75, 3.05) is 26.0 Å². The molecule has 0 spiro atoms. The Hall–Kier alpha value is -3.40. The van der Waals surface area contributed by atoms with Crippen LogP contribution in [-0.4, -0.2) is 53.2 Å². The molecule has 0 N–H and O–H groups in total. The van der Waals surface area contributed by atoms with Crippen LogP contribution >= 0.6 is 0 Å². The van der Waals surface area contributed by atoms with Crippen LogP contribution in [-0.2, 0) is 19.9 Å². The van der Waals surface area contributed by atoms with Gasteiger partial charge in [0.2, 0.25) is 10.0 Å². The molecule has 3 aromatic carbocycles. The number of sulfone groups is 1. The molecule has 9 heteroatoms. The minimum absolute atomic E-state index is 0.00940. The summed E-state index contributed by atoms with van der Waals surface area (Å²) in [7, 11) is -5.99. The molecule has 0 aliphatic heterocycles. The Balaban J connectivity index is 1.87. The molecule has 3 rings (SSSR count). The minimum atomic E-state index is -3.97.